The quantitative estimate of drug-likeness (QED) is 0.204. The number of thiol groups is 3. The Balaban J connectivity index is 2.67. The molecule has 3 unspecified atom stereocenters. The third kappa shape index (κ3) is 16.4. The van der Waals surface area contributed by atoms with Gasteiger partial charge in [0.1, 0.15) is 0 Å². The molecule has 0 amide bonds. The molecule has 0 spiro atoms. The summed E-state index contributed by atoms with van der Waals surface area (Å²) in [4.78, 5) is 5.25. The zero-order valence-corrected chi connectivity index (χ0v) is 21.5. The molecule has 6 nitrogen and oxygen atoms in total. The van der Waals surface area contributed by atoms with Crippen molar-refractivity contribution in [3.05, 3.63) is 0 Å². The molecule has 0 aromatic carbocycles. The molecule has 9 heteroatoms. The molecule has 1 rings (SSSR count). The van der Waals surface area contributed by atoms with Crippen LogP contribution in [0.1, 0.15) is 44.1 Å². The molecule has 1 aliphatic heterocycles. The lowest BCUT2D eigenvalue weighted by Gasteiger charge is -2.42. The molecule has 0 saturated carbocycles. The summed E-state index contributed by atoms with van der Waals surface area (Å²) < 4.78 is 43.3. The minimum absolute atomic E-state index is 0.277. The van der Waals surface area contributed by atoms with E-state index in [4.69, 9.17) is 18.3 Å². The van der Waals surface area contributed by atoms with Crippen LogP contribution < -0.4 is 0 Å². The van der Waals surface area contributed by atoms with Crippen LogP contribution >= 0.6 is 37.9 Å². The van der Waals surface area contributed by atoms with Crippen LogP contribution in [-0.4, -0.2) is 110 Å². The third-order valence-electron chi connectivity index (χ3n) is 4.41. The molecular weight excluding hydrogens is 438 g/mol. The minimum atomic E-state index is -0.808. The molecular formula is C21H45N3O3S3. The Bertz CT molecular complexity index is 424. The summed E-state index contributed by atoms with van der Waals surface area (Å²) in [6, 6.07) is 0. The van der Waals surface area contributed by atoms with Crippen LogP contribution in [-0.2, 0) is 14.2 Å². The van der Waals surface area contributed by atoms with E-state index >= 15 is 0 Å². The monoisotopic (exact) mass is 486 g/mol. The standard InChI is InChI=1S/C21H45N3O3S3/c1-19(28)4-10-25-13-7-22-16-23(8-14-26-11-5-20(2)29)18-24(17-22)9-15-27-12-6-21(3)30/h19-21,28-30H,4-18H2,1-3H3/i16D,17D,18D. The van der Waals surface area contributed by atoms with Crippen molar-refractivity contribution in [3.63, 3.8) is 0 Å². The fraction of sp³-hybridized carbons (Fsp3) is 1.00. The number of nitrogens with zero attached hydrogens (tertiary/aromatic N) is 3. The Hall–Kier alpha value is 0.810. The predicted molar refractivity (Wildman–Crippen MR) is 136 cm³/mol. The van der Waals surface area contributed by atoms with Gasteiger partial charge in [-0.05, 0) is 19.3 Å². The van der Waals surface area contributed by atoms with Crippen molar-refractivity contribution in [1.82, 2.24) is 14.7 Å². The predicted octanol–water partition coefficient (Wildman–Crippen LogP) is 2.95. The highest BCUT2D eigenvalue weighted by Gasteiger charge is 2.22. The number of hydrogen-bond donors (Lipinski definition) is 3. The van der Waals surface area contributed by atoms with Crippen molar-refractivity contribution in [3.8, 4) is 0 Å². The zero-order chi connectivity index (χ0) is 24.8. The summed E-state index contributed by atoms with van der Waals surface area (Å²) in [6.07, 6.45) is 2.57. The number of ether oxygens (including phenoxy) is 3. The Morgan fingerprint density at radius 3 is 1.10 bits per heavy atom. The molecule has 3 atom stereocenters. The van der Waals surface area contributed by atoms with Gasteiger partial charge in [0.05, 0.1) is 43.9 Å². The van der Waals surface area contributed by atoms with Gasteiger partial charge in [-0.1, -0.05) is 20.8 Å². The van der Waals surface area contributed by atoms with E-state index in [1.54, 1.807) is 14.7 Å². The largest absolute Gasteiger partial charge is 0.380 e. The van der Waals surface area contributed by atoms with Gasteiger partial charge in [0.15, 0.2) is 0 Å². The third-order valence-corrected chi connectivity index (χ3v) is 5.19. The van der Waals surface area contributed by atoms with Crippen LogP contribution in [0.4, 0.5) is 0 Å². The van der Waals surface area contributed by atoms with E-state index < -0.39 is 19.9 Å². The molecule has 1 saturated heterocycles. The summed E-state index contributed by atoms with van der Waals surface area (Å²) >= 11 is 13.1. The van der Waals surface area contributed by atoms with Crippen molar-refractivity contribution in [2.75, 3.05) is 79.2 Å². The van der Waals surface area contributed by atoms with Gasteiger partial charge in [0, 0.05) is 55.2 Å². The average Bonchev–Trinajstić information content (AvgIpc) is 2.73. The molecule has 1 fully saturated rings. The molecule has 0 aromatic rings. The Morgan fingerprint density at radius 2 is 0.867 bits per heavy atom. The fourth-order valence-corrected chi connectivity index (χ4v) is 2.90. The Labute approximate surface area is 205 Å². The van der Waals surface area contributed by atoms with Crippen molar-refractivity contribution in [2.45, 2.75) is 55.8 Å². The van der Waals surface area contributed by atoms with Gasteiger partial charge >= 0.3 is 0 Å². The first kappa shape index (κ1) is 24.0. The van der Waals surface area contributed by atoms with Crippen LogP contribution in [0.15, 0.2) is 0 Å². The van der Waals surface area contributed by atoms with Crippen molar-refractivity contribution < 1.29 is 18.3 Å². The maximum absolute atomic E-state index is 8.73. The lowest BCUT2D eigenvalue weighted by molar-refractivity contribution is -0.0574. The lowest BCUT2D eigenvalue weighted by Crippen LogP contribution is -2.56. The van der Waals surface area contributed by atoms with E-state index in [0.717, 1.165) is 19.3 Å². The highest BCUT2D eigenvalue weighted by molar-refractivity contribution is 7.81. The van der Waals surface area contributed by atoms with Gasteiger partial charge in [0.25, 0.3) is 0 Å². The molecule has 180 valence electrons. The topological polar surface area (TPSA) is 37.4 Å². The van der Waals surface area contributed by atoms with E-state index in [0.29, 0.717) is 59.3 Å². The summed E-state index contributed by atoms with van der Waals surface area (Å²) in [5, 5.41) is 0.830. The van der Waals surface area contributed by atoms with E-state index in [1.165, 1.54) is 0 Å². The van der Waals surface area contributed by atoms with Crippen LogP contribution in [0.25, 0.3) is 0 Å². The number of hydrogen-bond acceptors (Lipinski definition) is 9. The highest BCUT2D eigenvalue weighted by atomic mass is 32.1. The SMILES string of the molecule is [2H]C1N(CCOCCC(C)S)C([2H])N(CCOCCC(C)S)C([2H])N1CCOCCC(C)S. The first-order valence-electron chi connectivity index (χ1n) is 12.7. The van der Waals surface area contributed by atoms with Crippen LogP contribution in [0, 0.1) is 0 Å². The zero-order valence-electron chi connectivity index (χ0n) is 21.9. The fourth-order valence-electron chi connectivity index (χ4n) is 2.59. The van der Waals surface area contributed by atoms with Crippen molar-refractivity contribution >= 4 is 37.9 Å². The molecule has 0 aromatic heterocycles. The molecule has 1 aliphatic rings. The van der Waals surface area contributed by atoms with Crippen molar-refractivity contribution in [1.29, 1.82) is 0 Å². The van der Waals surface area contributed by atoms with E-state index in [2.05, 4.69) is 37.9 Å². The summed E-state index contributed by atoms with van der Waals surface area (Å²) in [5.41, 5.74) is 0. The Kier molecular flexibility index (Phi) is 14.6. The van der Waals surface area contributed by atoms with Gasteiger partial charge in [0.2, 0.25) is 0 Å². The molecule has 0 N–H and O–H groups in total. The molecule has 0 radical (unpaired) electrons. The first-order chi connectivity index (χ1) is 15.6. The summed E-state index contributed by atoms with van der Waals surface area (Å²) in [7, 11) is 0. The Morgan fingerprint density at radius 1 is 0.600 bits per heavy atom. The number of rotatable bonds is 18. The normalized spacial score (nSPS) is 28.6. The van der Waals surface area contributed by atoms with Crippen molar-refractivity contribution in [2.24, 2.45) is 0 Å². The van der Waals surface area contributed by atoms with E-state index in [9.17, 15) is 0 Å². The summed E-state index contributed by atoms with van der Waals surface area (Å²) in [6.45, 7) is 8.10. The second-order valence-corrected chi connectivity index (χ2v) is 10.5. The second-order valence-electron chi connectivity index (χ2n) is 7.81. The van der Waals surface area contributed by atoms with Gasteiger partial charge in [-0.15, -0.1) is 0 Å². The van der Waals surface area contributed by atoms with Gasteiger partial charge in [-0.2, -0.15) is 37.9 Å². The van der Waals surface area contributed by atoms with E-state index in [1.807, 2.05) is 20.8 Å². The maximum Gasteiger partial charge on any atom is 0.0603 e. The molecule has 0 aliphatic carbocycles. The first-order valence-corrected chi connectivity index (χ1v) is 12.5. The van der Waals surface area contributed by atoms with Gasteiger partial charge in [-0.3, -0.25) is 14.7 Å². The molecule has 0 bridgehead atoms. The lowest BCUT2D eigenvalue weighted by atomic mass is 10.3. The van der Waals surface area contributed by atoms with Crippen LogP contribution in [0.5, 0.6) is 0 Å². The van der Waals surface area contributed by atoms with Crippen LogP contribution in [0.2, 0.25) is 0 Å². The van der Waals surface area contributed by atoms with Crippen LogP contribution in [0.3, 0.4) is 0 Å². The molecule has 1 heterocycles. The maximum atomic E-state index is 8.73. The van der Waals surface area contributed by atoms with E-state index in [-0.39, 0.29) is 15.7 Å². The smallest absolute Gasteiger partial charge is 0.0603 e. The van der Waals surface area contributed by atoms with Gasteiger partial charge in [-0.25, -0.2) is 0 Å². The van der Waals surface area contributed by atoms with Gasteiger partial charge < -0.3 is 14.2 Å². The average molecular weight is 487 g/mol. The summed E-state index contributed by atoms with van der Waals surface area (Å²) in [5.74, 6) is 0. The minimum Gasteiger partial charge on any atom is -0.380 e. The molecule has 30 heavy (non-hydrogen) atoms. The second kappa shape index (κ2) is 18.3. The highest BCUT2D eigenvalue weighted by Crippen LogP contribution is 2.08.